The van der Waals surface area contributed by atoms with Gasteiger partial charge < -0.3 is 20.7 Å². The van der Waals surface area contributed by atoms with E-state index in [1.54, 1.807) is 31.4 Å². The molecular weight excluding hydrogens is 450 g/mol. The van der Waals surface area contributed by atoms with Crippen LogP contribution < -0.4 is 27.2 Å². The molecule has 0 radical (unpaired) electrons. The van der Waals surface area contributed by atoms with Crippen LogP contribution in [0.3, 0.4) is 0 Å². The predicted molar refractivity (Wildman–Crippen MR) is 135 cm³/mol. The van der Waals surface area contributed by atoms with E-state index in [-0.39, 0.29) is 36.9 Å². The number of hydrogen-bond acceptors (Lipinski definition) is 7. The van der Waals surface area contributed by atoms with Gasteiger partial charge in [-0.1, -0.05) is 30.3 Å². The molecule has 0 aliphatic heterocycles. The minimum absolute atomic E-state index is 0.0581. The van der Waals surface area contributed by atoms with Crippen LogP contribution in [0.4, 0.5) is 17.2 Å². The van der Waals surface area contributed by atoms with Gasteiger partial charge in [-0.15, -0.1) is 0 Å². The van der Waals surface area contributed by atoms with Crippen LogP contribution in [-0.4, -0.2) is 48.0 Å². The SMILES string of the molecule is COCCCN(C(=O)CNc1ccc(C(C)=O)cc1)c1c(N)n(Cc2ccccc2)c(=O)[nH]c1=O. The summed E-state index contributed by atoms with van der Waals surface area (Å²) < 4.78 is 6.33. The molecule has 0 aliphatic carbocycles. The molecule has 3 rings (SSSR count). The number of ketones is 1. The van der Waals surface area contributed by atoms with Gasteiger partial charge in [-0.3, -0.25) is 23.9 Å². The van der Waals surface area contributed by atoms with Crippen LogP contribution in [-0.2, 0) is 16.1 Å². The number of nitrogen functional groups attached to an aromatic ring is 1. The van der Waals surface area contributed by atoms with Crippen molar-refractivity contribution in [3.8, 4) is 0 Å². The standard InChI is InChI=1S/C25H29N5O5/c1-17(31)19-9-11-20(12-10-19)27-15-21(32)29(13-6-14-35-2)22-23(26)30(25(34)28-24(22)33)16-18-7-4-3-5-8-18/h3-5,7-12,27H,6,13-16,26H2,1-2H3,(H,28,33,34). The smallest absolute Gasteiger partial charge is 0.330 e. The minimum Gasteiger partial charge on any atom is -0.385 e. The number of rotatable bonds is 11. The van der Waals surface area contributed by atoms with Crippen LogP contribution >= 0.6 is 0 Å². The van der Waals surface area contributed by atoms with Gasteiger partial charge in [0.05, 0.1) is 13.1 Å². The van der Waals surface area contributed by atoms with Crippen LogP contribution in [0.25, 0.3) is 0 Å². The largest absolute Gasteiger partial charge is 0.385 e. The summed E-state index contributed by atoms with van der Waals surface area (Å²) >= 11 is 0. The Bertz CT molecular complexity index is 1280. The maximum absolute atomic E-state index is 13.2. The van der Waals surface area contributed by atoms with Gasteiger partial charge in [0.15, 0.2) is 11.5 Å². The molecule has 2 aromatic carbocycles. The van der Waals surface area contributed by atoms with Gasteiger partial charge >= 0.3 is 5.69 Å². The number of nitrogens with two attached hydrogens (primary N) is 1. The van der Waals surface area contributed by atoms with E-state index in [0.717, 1.165) is 5.56 Å². The fourth-order valence-electron chi connectivity index (χ4n) is 3.59. The number of carbonyl (C=O) groups excluding carboxylic acids is 2. The minimum atomic E-state index is -0.742. The number of hydrogen-bond donors (Lipinski definition) is 3. The van der Waals surface area contributed by atoms with Crippen LogP contribution in [0.15, 0.2) is 64.2 Å². The molecule has 0 bridgehead atoms. The number of carbonyl (C=O) groups is 2. The molecule has 0 atom stereocenters. The van der Waals surface area contributed by atoms with Crippen molar-refractivity contribution in [2.24, 2.45) is 0 Å². The summed E-state index contributed by atoms with van der Waals surface area (Å²) in [6.45, 7) is 2.00. The summed E-state index contributed by atoms with van der Waals surface area (Å²) in [5.74, 6) is -0.574. The van der Waals surface area contributed by atoms with E-state index in [0.29, 0.717) is 24.3 Å². The average Bonchev–Trinajstić information content (AvgIpc) is 2.85. The second kappa shape index (κ2) is 11.8. The topological polar surface area (TPSA) is 140 Å². The van der Waals surface area contributed by atoms with Gasteiger partial charge in [0, 0.05) is 31.5 Å². The molecule has 0 saturated heterocycles. The van der Waals surface area contributed by atoms with E-state index in [4.69, 9.17) is 10.5 Å². The Morgan fingerprint density at radius 1 is 1.09 bits per heavy atom. The Kier molecular flexibility index (Phi) is 8.58. The molecule has 1 amide bonds. The number of ether oxygens (including phenoxy) is 1. The number of H-pyrrole nitrogens is 1. The molecular formula is C25H29N5O5. The highest BCUT2D eigenvalue weighted by Gasteiger charge is 2.24. The van der Waals surface area contributed by atoms with Crippen LogP contribution in [0.1, 0.15) is 29.3 Å². The zero-order valence-corrected chi connectivity index (χ0v) is 19.7. The molecule has 10 nitrogen and oxygen atoms in total. The maximum Gasteiger partial charge on any atom is 0.330 e. The zero-order chi connectivity index (χ0) is 25.4. The third-order valence-corrected chi connectivity index (χ3v) is 5.43. The summed E-state index contributed by atoms with van der Waals surface area (Å²) in [7, 11) is 1.54. The number of methoxy groups -OCH3 is 1. The first-order chi connectivity index (χ1) is 16.8. The Morgan fingerprint density at radius 3 is 2.40 bits per heavy atom. The monoisotopic (exact) mass is 479 g/mol. The van der Waals surface area contributed by atoms with E-state index >= 15 is 0 Å². The molecule has 35 heavy (non-hydrogen) atoms. The van der Waals surface area contributed by atoms with E-state index in [2.05, 4.69) is 10.3 Å². The number of aromatic nitrogens is 2. The summed E-state index contributed by atoms with van der Waals surface area (Å²) in [6.07, 6.45) is 0.451. The zero-order valence-electron chi connectivity index (χ0n) is 19.7. The lowest BCUT2D eigenvalue weighted by molar-refractivity contribution is -0.117. The van der Waals surface area contributed by atoms with Crippen molar-refractivity contribution in [1.29, 1.82) is 0 Å². The Morgan fingerprint density at radius 2 is 1.77 bits per heavy atom. The molecule has 3 aromatic rings. The molecule has 1 heterocycles. The lowest BCUT2D eigenvalue weighted by Crippen LogP contribution is -2.44. The van der Waals surface area contributed by atoms with Crippen molar-refractivity contribution in [2.75, 3.05) is 42.8 Å². The summed E-state index contributed by atoms with van der Waals surface area (Å²) in [5, 5.41) is 3.00. The fraction of sp³-hybridized carbons (Fsp3) is 0.280. The van der Waals surface area contributed by atoms with Crippen molar-refractivity contribution >= 4 is 28.9 Å². The highest BCUT2D eigenvalue weighted by molar-refractivity contribution is 5.98. The number of nitrogens with zero attached hydrogens (tertiary/aromatic N) is 2. The summed E-state index contributed by atoms with van der Waals surface area (Å²) in [6, 6.07) is 15.9. The maximum atomic E-state index is 13.2. The van der Waals surface area contributed by atoms with Crippen molar-refractivity contribution in [3.05, 3.63) is 86.6 Å². The number of benzene rings is 2. The van der Waals surface area contributed by atoms with Crippen molar-refractivity contribution in [1.82, 2.24) is 9.55 Å². The van der Waals surface area contributed by atoms with Gasteiger partial charge in [0.2, 0.25) is 5.91 Å². The molecule has 0 saturated carbocycles. The lowest BCUT2D eigenvalue weighted by Gasteiger charge is -2.25. The number of aromatic amines is 1. The molecule has 10 heteroatoms. The Hall–Kier alpha value is -4.18. The predicted octanol–water partition coefficient (Wildman–Crippen LogP) is 1.85. The molecule has 184 valence electrons. The van der Waals surface area contributed by atoms with Crippen molar-refractivity contribution in [3.63, 3.8) is 0 Å². The first kappa shape index (κ1) is 25.4. The van der Waals surface area contributed by atoms with Gasteiger partial charge in [-0.2, -0.15) is 0 Å². The van der Waals surface area contributed by atoms with Gasteiger partial charge in [-0.05, 0) is 43.2 Å². The normalized spacial score (nSPS) is 10.7. The van der Waals surface area contributed by atoms with Gasteiger partial charge in [-0.25, -0.2) is 4.79 Å². The number of Topliss-reactive ketones (excluding diaryl/α,β-unsaturated/α-hetero) is 1. The van der Waals surface area contributed by atoms with Crippen LogP contribution in [0.5, 0.6) is 0 Å². The number of nitrogens with one attached hydrogen (secondary N) is 2. The molecule has 1 aromatic heterocycles. The second-order valence-electron chi connectivity index (χ2n) is 7.94. The average molecular weight is 480 g/mol. The van der Waals surface area contributed by atoms with E-state index in [1.165, 1.54) is 16.4 Å². The van der Waals surface area contributed by atoms with Crippen LogP contribution in [0, 0.1) is 0 Å². The highest BCUT2D eigenvalue weighted by atomic mass is 16.5. The van der Waals surface area contributed by atoms with E-state index in [1.807, 2.05) is 30.3 Å². The number of anilines is 3. The lowest BCUT2D eigenvalue weighted by atomic mass is 10.1. The van der Waals surface area contributed by atoms with E-state index < -0.39 is 17.2 Å². The fourth-order valence-corrected chi connectivity index (χ4v) is 3.59. The Balaban J connectivity index is 1.89. The molecule has 0 fully saturated rings. The van der Waals surface area contributed by atoms with Gasteiger partial charge in [0.25, 0.3) is 5.56 Å². The molecule has 0 unspecified atom stereocenters. The Labute approximate surface area is 202 Å². The van der Waals surface area contributed by atoms with Crippen LogP contribution in [0.2, 0.25) is 0 Å². The third kappa shape index (κ3) is 6.45. The molecule has 0 aliphatic rings. The molecule has 0 spiro atoms. The quantitative estimate of drug-likeness (QED) is 0.282. The first-order valence-corrected chi connectivity index (χ1v) is 11.1. The molecule has 4 N–H and O–H groups in total. The van der Waals surface area contributed by atoms with Crippen molar-refractivity contribution < 1.29 is 14.3 Å². The first-order valence-electron chi connectivity index (χ1n) is 11.1. The summed E-state index contributed by atoms with van der Waals surface area (Å²) in [4.78, 5) is 53.5. The van der Waals surface area contributed by atoms with Gasteiger partial charge in [0.1, 0.15) is 5.82 Å². The van der Waals surface area contributed by atoms with E-state index in [9.17, 15) is 19.2 Å². The third-order valence-electron chi connectivity index (χ3n) is 5.43. The summed E-state index contributed by atoms with van der Waals surface area (Å²) in [5.41, 5.74) is 6.81. The second-order valence-corrected chi connectivity index (χ2v) is 7.94. The highest BCUT2D eigenvalue weighted by Crippen LogP contribution is 2.19. The van der Waals surface area contributed by atoms with Crippen molar-refractivity contribution in [2.45, 2.75) is 19.9 Å². The number of amides is 1.